The van der Waals surface area contributed by atoms with Gasteiger partial charge in [-0.15, -0.1) is 0 Å². The van der Waals surface area contributed by atoms with Crippen LogP contribution in [0.1, 0.15) is 0 Å². The average molecular weight is 319 g/mol. The van der Waals surface area contributed by atoms with E-state index in [4.69, 9.17) is 15.0 Å². The lowest BCUT2D eigenvalue weighted by Gasteiger charge is -2.08. The molecule has 11 heteroatoms. The van der Waals surface area contributed by atoms with Gasteiger partial charge in [-0.05, 0) is 12.1 Å². The molecule has 0 saturated carbocycles. The van der Waals surface area contributed by atoms with Crippen LogP contribution in [0.2, 0.25) is 0 Å². The predicted molar refractivity (Wildman–Crippen MR) is 71.4 cm³/mol. The largest absolute Gasteiger partial charge is 0.480 e. The van der Waals surface area contributed by atoms with E-state index in [1.165, 1.54) is 6.07 Å². The van der Waals surface area contributed by atoms with E-state index in [0.717, 1.165) is 12.1 Å². The van der Waals surface area contributed by atoms with Gasteiger partial charge in [-0.1, -0.05) is 0 Å². The van der Waals surface area contributed by atoms with E-state index in [9.17, 15) is 23.3 Å². The fourth-order valence-electron chi connectivity index (χ4n) is 1.41. The number of anilines is 1. The van der Waals surface area contributed by atoms with Gasteiger partial charge in [0.25, 0.3) is 5.69 Å². The van der Waals surface area contributed by atoms with Crippen molar-refractivity contribution in [2.75, 3.05) is 25.1 Å². The first-order valence-electron chi connectivity index (χ1n) is 5.56. The SMILES string of the molecule is NS(=O)(=O)c1ccc(NCCOCC(=O)O)c([N+](=O)[O-])c1. The molecular weight excluding hydrogens is 306 g/mol. The first kappa shape index (κ1) is 16.8. The number of carbonyl (C=O) groups is 1. The van der Waals surface area contributed by atoms with E-state index in [-0.39, 0.29) is 23.7 Å². The number of primary sulfonamides is 1. The third kappa shape index (κ3) is 5.33. The smallest absolute Gasteiger partial charge is 0.329 e. The first-order chi connectivity index (χ1) is 9.71. The van der Waals surface area contributed by atoms with Crippen LogP contribution in [0, 0.1) is 10.1 Å². The van der Waals surface area contributed by atoms with Crippen LogP contribution >= 0.6 is 0 Å². The number of nitro benzene ring substituents is 1. The molecular formula is C10H13N3O7S. The van der Waals surface area contributed by atoms with Crippen molar-refractivity contribution in [3.8, 4) is 0 Å². The van der Waals surface area contributed by atoms with Crippen LogP contribution in [0.5, 0.6) is 0 Å². The van der Waals surface area contributed by atoms with Gasteiger partial charge in [-0.25, -0.2) is 18.4 Å². The zero-order valence-electron chi connectivity index (χ0n) is 10.7. The molecule has 0 atom stereocenters. The zero-order valence-corrected chi connectivity index (χ0v) is 11.5. The highest BCUT2D eigenvalue weighted by atomic mass is 32.2. The van der Waals surface area contributed by atoms with E-state index in [0.29, 0.717) is 0 Å². The second-order valence-electron chi connectivity index (χ2n) is 3.85. The van der Waals surface area contributed by atoms with Crippen LogP contribution in [-0.2, 0) is 19.6 Å². The van der Waals surface area contributed by atoms with Crippen molar-refractivity contribution in [2.45, 2.75) is 4.90 Å². The fraction of sp³-hybridized carbons (Fsp3) is 0.300. The Balaban J connectivity index is 2.78. The Morgan fingerprint density at radius 2 is 2.14 bits per heavy atom. The molecule has 4 N–H and O–H groups in total. The number of rotatable bonds is 8. The maximum atomic E-state index is 11.1. The van der Waals surface area contributed by atoms with Gasteiger partial charge in [0.2, 0.25) is 10.0 Å². The third-order valence-electron chi connectivity index (χ3n) is 2.28. The molecule has 116 valence electrons. The van der Waals surface area contributed by atoms with Crippen LogP contribution in [0.4, 0.5) is 11.4 Å². The second-order valence-corrected chi connectivity index (χ2v) is 5.42. The Morgan fingerprint density at radius 3 is 2.67 bits per heavy atom. The Bertz CT molecular complexity index is 644. The summed E-state index contributed by atoms with van der Waals surface area (Å²) in [5, 5.41) is 26.8. The Kier molecular flexibility index (Phi) is 5.58. The maximum absolute atomic E-state index is 11.1. The summed E-state index contributed by atoms with van der Waals surface area (Å²) >= 11 is 0. The van der Waals surface area contributed by atoms with Crippen molar-refractivity contribution in [1.29, 1.82) is 0 Å². The molecule has 1 aromatic rings. The minimum Gasteiger partial charge on any atom is -0.480 e. The molecule has 21 heavy (non-hydrogen) atoms. The summed E-state index contributed by atoms with van der Waals surface area (Å²) in [6, 6.07) is 3.17. The van der Waals surface area contributed by atoms with Crippen LogP contribution < -0.4 is 10.5 Å². The summed E-state index contributed by atoms with van der Waals surface area (Å²) in [4.78, 5) is 20.0. The van der Waals surface area contributed by atoms with Gasteiger partial charge >= 0.3 is 5.97 Å². The van der Waals surface area contributed by atoms with Gasteiger partial charge in [-0.3, -0.25) is 10.1 Å². The van der Waals surface area contributed by atoms with E-state index in [1.54, 1.807) is 0 Å². The molecule has 0 aliphatic carbocycles. The zero-order chi connectivity index (χ0) is 16.0. The van der Waals surface area contributed by atoms with E-state index in [2.05, 4.69) is 5.32 Å². The molecule has 0 unspecified atom stereocenters. The van der Waals surface area contributed by atoms with E-state index < -0.39 is 33.2 Å². The summed E-state index contributed by atoms with van der Waals surface area (Å²) < 4.78 is 27.0. The summed E-state index contributed by atoms with van der Waals surface area (Å²) in [6.45, 7) is -0.350. The molecule has 0 aromatic heterocycles. The third-order valence-corrected chi connectivity index (χ3v) is 3.19. The normalized spacial score (nSPS) is 11.1. The number of aliphatic carboxylic acids is 1. The Labute approximate surface area is 119 Å². The minimum absolute atomic E-state index is 0.0143. The van der Waals surface area contributed by atoms with Crippen LogP contribution in [-0.4, -0.2) is 44.2 Å². The summed E-state index contributed by atoms with van der Waals surface area (Å²) in [6.07, 6.45) is 0. The fourth-order valence-corrected chi connectivity index (χ4v) is 1.94. The van der Waals surface area contributed by atoms with E-state index >= 15 is 0 Å². The number of carboxylic acid groups (broad SMARTS) is 1. The highest BCUT2D eigenvalue weighted by Gasteiger charge is 2.18. The topological polar surface area (TPSA) is 162 Å². The Morgan fingerprint density at radius 1 is 1.48 bits per heavy atom. The molecule has 10 nitrogen and oxygen atoms in total. The molecule has 0 saturated heterocycles. The number of hydrogen-bond donors (Lipinski definition) is 3. The van der Waals surface area contributed by atoms with Crippen molar-refractivity contribution in [3.63, 3.8) is 0 Å². The number of carboxylic acids is 1. The van der Waals surface area contributed by atoms with Crippen molar-refractivity contribution >= 4 is 27.4 Å². The van der Waals surface area contributed by atoms with Crippen LogP contribution in [0.25, 0.3) is 0 Å². The molecule has 1 rings (SSSR count). The molecule has 0 spiro atoms. The number of nitrogens with two attached hydrogens (primary N) is 1. The predicted octanol–water partition coefficient (Wildman–Crippen LogP) is -0.245. The number of nitro groups is 1. The summed E-state index contributed by atoms with van der Waals surface area (Å²) in [5.41, 5.74) is -0.383. The van der Waals surface area contributed by atoms with Gasteiger partial charge in [-0.2, -0.15) is 0 Å². The lowest BCUT2D eigenvalue weighted by Crippen LogP contribution is -2.15. The van der Waals surface area contributed by atoms with Crippen molar-refractivity contribution in [3.05, 3.63) is 28.3 Å². The number of nitrogens with one attached hydrogen (secondary N) is 1. The minimum atomic E-state index is -4.04. The molecule has 0 bridgehead atoms. The van der Waals surface area contributed by atoms with Gasteiger partial charge in [0, 0.05) is 12.6 Å². The number of benzene rings is 1. The van der Waals surface area contributed by atoms with Crippen molar-refractivity contribution < 1.29 is 28.0 Å². The Hall–Kier alpha value is -2.24. The molecule has 0 radical (unpaired) electrons. The van der Waals surface area contributed by atoms with Gasteiger partial charge < -0.3 is 15.2 Å². The van der Waals surface area contributed by atoms with Crippen LogP contribution in [0.15, 0.2) is 23.1 Å². The standard InChI is InChI=1S/C10H13N3O7S/c11-21(18,19)7-1-2-8(9(5-7)13(16)17)12-3-4-20-6-10(14)15/h1-2,5,12H,3-4,6H2,(H,14,15)(H2,11,18,19). The lowest BCUT2D eigenvalue weighted by molar-refractivity contribution is -0.384. The number of sulfonamides is 1. The number of nitrogens with zero attached hydrogens (tertiary/aromatic N) is 1. The number of ether oxygens (including phenoxy) is 1. The quantitative estimate of drug-likeness (QED) is 0.336. The van der Waals surface area contributed by atoms with Gasteiger partial charge in [0.1, 0.15) is 12.3 Å². The first-order valence-corrected chi connectivity index (χ1v) is 7.11. The molecule has 1 aromatic carbocycles. The summed E-state index contributed by atoms with van der Waals surface area (Å²) in [7, 11) is -4.04. The highest BCUT2D eigenvalue weighted by Crippen LogP contribution is 2.26. The average Bonchev–Trinajstić information content (AvgIpc) is 2.36. The summed E-state index contributed by atoms with van der Waals surface area (Å²) in [5.74, 6) is -1.13. The molecule has 0 aliphatic rings. The maximum Gasteiger partial charge on any atom is 0.329 e. The second kappa shape index (κ2) is 6.97. The van der Waals surface area contributed by atoms with Gasteiger partial charge in [0.05, 0.1) is 16.4 Å². The monoisotopic (exact) mass is 319 g/mol. The molecule has 0 fully saturated rings. The molecule has 0 heterocycles. The highest BCUT2D eigenvalue weighted by molar-refractivity contribution is 7.89. The van der Waals surface area contributed by atoms with Gasteiger partial charge in [0.15, 0.2) is 0 Å². The van der Waals surface area contributed by atoms with Crippen LogP contribution in [0.3, 0.4) is 0 Å². The number of hydrogen-bond acceptors (Lipinski definition) is 7. The van der Waals surface area contributed by atoms with E-state index in [1.807, 2.05) is 0 Å². The molecule has 0 amide bonds. The molecule has 0 aliphatic heterocycles. The lowest BCUT2D eigenvalue weighted by atomic mass is 10.2. The van der Waals surface area contributed by atoms with Crippen molar-refractivity contribution in [2.24, 2.45) is 5.14 Å². The van der Waals surface area contributed by atoms with Crippen molar-refractivity contribution in [1.82, 2.24) is 0 Å².